The van der Waals surface area contributed by atoms with Gasteiger partial charge in [-0.05, 0) is 79.7 Å². The first-order chi connectivity index (χ1) is 16.8. The van der Waals surface area contributed by atoms with Gasteiger partial charge in [0.15, 0.2) is 5.03 Å². The number of halogens is 4. The fourth-order valence-corrected chi connectivity index (χ4v) is 6.42. The number of nitrogens with one attached hydrogen (secondary N) is 2. The highest BCUT2D eigenvalue weighted by atomic mass is 79.9. The molecule has 1 saturated heterocycles. The highest BCUT2D eigenvalue weighted by Gasteiger charge is 2.38. The van der Waals surface area contributed by atoms with Crippen LogP contribution in [0.2, 0.25) is 0 Å². The predicted molar refractivity (Wildman–Crippen MR) is 132 cm³/mol. The number of nitrogens with zero attached hydrogens (tertiary/aromatic N) is 2. The van der Waals surface area contributed by atoms with Crippen LogP contribution in [-0.4, -0.2) is 79.0 Å². The van der Waals surface area contributed by atoms with Crippen molar-refractivity contribution < 1.29 is 36.6 Å². The summed E-state index contributed by atoms with van der Waals surface area (Å²) in [6, 6.07) is 3.09. The van der Waals surface area contributed by atoms with Crippen LogP contribution in [0, 0.1) is 5.92 Å². The van der Waals surface area contributed by atoms with Gasteiger partial charge in [-0.25, -0.2) is 22.9 Å². The van der Waals surface area contributed by atoms with Crippen LogP contribution in [0.5, 0.6) is 0 Å². The highest BCUT2D eigenvalue weighted by molar-refractivity contribution is 9.10. The van der Waals surface area contributed by atoms with E-state index in [0.717, 1.165) is 38.4 Å². The number of hydrogen-bond acceptors (Lipinski definition) is 7. The van der Waals surface area contributed by atoms with E-state index in [1.165, 1.54) is 32.1 Å². The Morgan fingerprint density at radius 2 is 1.78 bits per heavy atom. The second-order valence-corrected chi connectivity index (χ2v) is 11.7. The summed E-state index contributed by atoms with van der Waals surface area (Å²) >= 11 is 3.31. The van der Waals surface area contributed by atoms with Crippen LogP contribution >= 0.6 is 15.9 Å². The lowest BCUT2D eigenvalue weighted by molar-refractivity contribution is -0.192. The first kappa shape index (κ1) is 30.7. The van der Waals surface area contributed by atoms with Crippen molar-refractivity contribution in [1.82, 2.24) is 14.6 Å². The molecule has 206 valence electrons. The van der Waals surface area contributed by atoms with E-state index in [-0.39, 0.29) is 23.7 Å². The molecule has 1 atom stereocenters. The number of aliphatic hydroxyl groups is 1. The molecule has 1 aromatic rings. The van der Waals surface area contributed by atoms with E-state index in [1.54, 1.807) is 19.1 Å². The third-order valence-corrected chi connectivity index (χ3v) is 8.50. The number of sulfonamides is 1. The Morgan fingerprint density at radius 1 is 1.19 bits per heavy atom. The number of piperidine rings is 1. The molecule has 2 aliphatic rings. The van der Waals surface area contributed by atoms with Crippen molar-refractivity contribution >= 4 is 37.7 Å². The minimum atomic E-state index is -5.08. The fraction of sp³-hybridized carbons (Fsp3) is 0.727. The van der Waals surface area contributed by atoms with E-state index in [1.807, 2.05) is 0 Å². The zero-order valence-corrected chi connectivity index (χ0v) is 22.5. The Morgan fingerprint density at radius 3 is 2.31 bits per heavy atom. The van der Waals surface area contributed by atoms with Gasteiger partial charge in [-0.3, -0.25) is 0 Å². The van der Waals surface area contributed by atoms with E-state index in [2.05, 4.69) is 35.9 Å². The van der Waals surface area contributed by atoms with Gasteiger partial charge in [0, 0.05) is 18.6 Å². The third kappa shape index (κ3) is 10.1. The van der Waals surface area contributed by atoms with Crippen molar-refractivity contribution in [3.8, 4) is 0 Å². The number of carbonyl (C=O) groups is 1. The van der Waals surface area contributed by atoms with Gasteiger partial charge in [-0.2, -0.15) is 13.2 Å². The number of hydrogen-bond donors (Lipinski definition) is 4. The Bertz CT molecular complexity index is 953. The molecule has 0 amide bonds. The van der Waals surface area contributed by atoms with Crippen LogP contribution in [0.25, 0.3) is 0 Å². The molecule has 0 radical (unpaired) electrons. The van der Waals surface area contributed by atoms with Crippen molar-refractivity contribution in [2.24, 2.45) is 5.92 Å². The summed E-state index contributed by atoms with van der Waals surface area (Å²) in [5.41, 5.74) is 0. The quantitative estimate of drug-likeness (QED) is 0.355. The Hall–Kier alpha value is -1.48. The molecule has 0 spiro atoms. The van der Waals surface area contributed by atoms with Gasteiger partial charge >= 0.3 is 12.1 Å². The van der Waals surface area contributed by atoms with Crippen molar-refractivity contribution in [2.75, 3.05) is 31.6 Å². The van der Waals surface area contributed by atoms with Gasteiger partial charge < -0.3 is 20.4 Å². The number of alkyl halides is 3. The molecule has 1 aliphatic carbocycles. The lowest BCUT2D eigenvalue weighted by Crippen LogP contribution is -2.46. The lowest BCUT2D eigenvalue weighted by atomic mass is 9.88. The second-order valence-electron chi connectivity index (χ2n) is 9.21. The number of carboxylic acids is 1. The number of aromatic nitrogens is 1. The monoisotopic (exact) mass is 602 g/mol. The molecule has 2 heterocycles. The molecule has 1 saturated carbocycles. The van der Waals surface area contributed by atoms with Gasteiger partial charge in [0.1, 0.15) is 5.82 Å². The van der Waals surface area contributed by atoms with Crippen LogP contribution in [0.1, 0.15) is 51.9 Å². The van der Waals surface area contributed by atoms with Crippen LogP contribution in [-0.2, 0) is 14.8 Å². The average Bonchev–Trinajstić information content (AvgIpc) is 2.81. The highest BCUT2D eigenvalue weighted by Crippen LogP contribution is 2.27. The van der Waals surface area contributed by atoms with E-state index in [4.69, 9.17) is 9.90 Å². The summed E-state index contributed by atoms with van der Waals surface area (Å²) in [6.45, 7) is 4.78. The van der Waals surface area contributed by atoms with E-state index in [0.29, 0.717) is 10.3 Å². The topological polar surface area (TPSA) is 132 Å². The molecule has 0 bridgehead atoms. The third-order valence-electron chi connectivity index (χ3n) is 6.13. The Labute approximate surface area is 218 Å². The van der Waals surface area contributed by atoms with Crippen LogP contribution < -0.4 is 10.0 Å². The summed E-state index contributed by atoms with van der Waals surface area (Å²) in [7, 11) is -3.73. The van der Waals surface area contributed by atoms with Gasteiger partial charge in [0.2, 0.25) is 0 Å². The fourth-order valence-electron chi connectivity index (χ4n) is 4.23. The van der Waals surface area contributed by atoms with Gasteiger partial charge in [0.25, 0.3) is 10.0 Å². The summed E-state index contributed by atoms with van der Waals surface area (Å²) in [4.78, 5) is 15.7. The summed E-state index contributed by atoms with van der Waals surface area (Å²) < 4.78 is 60.9. The number of likely N-dealkylation sites (tertiary alicyclic amines) is 1. The Kier molecular flexibility index (Phi) is 11.9. The number of anilines is 1. The van der Waals surface area contributed by atoms with Crippen molar-refractivity contribution in [1.29, 1.82) is 0 Å². The number of aliphatic hydroxyl groups excluding tert-OH is 1. The first-order valence-electron chi connectivity index (χ1n) is 11.9. The molecule has 1 aliphatic heterocycles. The van der Waals surface area contributed by atoms with E-state index >= 15 is 0 Å². The summed E-state index contributed by atoms with van der Waals surface area (Å²) in [5.74, 6) is -1.52. The normalized spacial score (nSPS) is 19.3. The molecule has 1 aromatic heterocycles. The smallest absolute Gasteiger partial charge is 0.475 e. The lowest BCUT2D eigenvalue weighted by Gasteiger charge is -2.35. The maximum Gasteiger partial charge on any atom is 0.490 e. The molecular formula is C22H34BrF3N4O5S. The van der Waals surface area contributed by atoms with Crippen molar-refractivity contribution in [2.45, 2.75) is 75.2 Å². The largest absolute Gasteiger partial charge is 0.490 e. The first-order valence-corrected chi connectivity index (χ1v) is 14.2. The van der Waals surface area contributed by atoms with E-state index in [9.17, 15) is 26.7 Å². The molecular weight excluding hydrogens is 569 g/mol. The maximum absolute atomic E-state index is 12.9. The zero-order chi connectivity index (χ0) is 26.9. The number of aliphatic carboxylic acids is 1. The Balaban J connectivity index is 0.000000572. The number of rotatable bonds is 8. The minimum Gasteiger partial charge on any atom is -0.475 e. The molecule has 1 unspecified atom stereocenters. The molecule has 3 rings (SSSR count). The molecule has 0 aromatic carbocycles. The van der Waals surface area contributed by atoms with E-state index < -0.39 is 22.2 Å². The molecule has 36 heavy (non-hydrogen) atoms. The zero-order valence-electron chi connectivity index (χ0n) is 20.1. The standard InChI is InChI=1S/C20H33BrN4O3S.C2HF3O2/c1-15(14-26)22-19-8-7-18(21)20(23-19)29(27,28)24-17-9-11-25(12-10-17)13-16-5-3-2-4-6-16;3-2(4,5)1(6)7/h7-8,15-17,24,26H,2-6,9-14H2,1H3,(H,22,23);(H,6,7). The molecule has 14 heteroatoms. The number of carboxylic acid groups (broad SMARTS) is 1. The van der Waals surface area contributed by atoms with Gasteiger partial charge in [0.05, 0.1) is 11.1 Å². The minimum absolute atomic E-state index is 0.0164. The van der Waals surface area contributed by atoms with Crippen LogP contribution in [0.4, 0.5) is 19.0 Å². The summed E-state index contributed by atoms with van der Waals surface area (Å²) in [5, 5.41) is 19.3. The molecule has 4 N–H and O–H groups in total. The van der Waals surface area contributed by atoms with Gasteiger partial charge in [-0.1, -0.05) is 19.3 Å². The number of pyridine rings is 1. The average molecular weight is 604 g/mol. The van der Waals surface area contributed by atoms with Gasteiger partial charge in [-0.15, -0.1) is 0 Å². The SMILES string of the molecule is CC(CO)Nc1ccc(Br)c(S(=O)(=O)NC2CCN(CC3CCCCC3)CC2)n1.O=C(O)C(F)(F)F. The van der Waals surface area contributed by atoms with Crippen molar-refractivity contribution in [3.05, 3.63) is 16.6 Å². The van der Waals surface area contributed by atoms with Crippen LogP contribution in [0.3, 0.4) is 0 Å². The summed E-state index contributed by atoms with van der Waals surface area (Å²) in [6.07, 6.45) is 3.32. The maximum atomic E-state index is 12.9. The van der Waals surface area contributed by atoms with Crippen LogP contribution in [0.15, 0.2) is 21.6 Å². The molecule has 9 nitrogen and oxygen atoms in total. The second kappa shape index (κ2) is 13.9. The predicted octanol–water partition coefficient (Wildman–Crippen LogP) is 3.59. The molecule has 2 fully saturated rings. The van der Waals surface area contributed by atoms with Crippen molar-refractivity contribution in [3.63, 3.8) is 0 Å².